The molecule has 0 amide bonds. The standard InChI is InChI=1S/C16H15BrO3/c17-15-10-13(20-11-12-4-2-1-3-5-12)6-7-14(15)16-18-8-9-19-16/h1-7,10,16H,8-9,11H2. The molecule has 0 radical (unpaired) electrons. The van der Waals surface area contributed by atoms with E-state index in [0.717, 1.165) is 21.3 Å². The zero-order valence-corrected chi connectivity index (χ0v) is 12.5. The first-order chi connectivity index (χ1) is 9.83. The molecule has 2 aromatic rings. The highest BCUT2D eigenvalue weighted by Crippen LogP contribution is 2.32. The van der Waals surface area contributed by atoms with Crippen molar-refractivity contribution >= 4 is 15.9 Å². The van der Waals surface area contributed by atoms with E-state index in [1.807, 2.05) is 48.5 Å². The Morgan fingerprint density at radius 3 is 2.50 bits per heavy atom. The van der Waals surface area contributed by atoms with Crippen LogP contribution in [0.2, 0.25) is 0 Å². The molecule has 1 heterocycles. The van der Waals surface area contributed by atoms with Crippen molar-refractivity contribution in [2.24, 2.45) is 0 Å². The quantitative estimate of drug-likeness (QED) is 0.843. The van der Waals surface area contributed by atoms with Crippen LogP contribution in [0.4, 0.5) is 0 Å². The molecule has 0 N–H and O–H groups in total. The summed E-state index contributed by atoms with van der Waals surface area (Å²) in [5, 5.41) is 0. The van der Waals surface area contributed by atoms with E-state index < -0.39 is 0 Å². The summed E-state index contributed by atoms with van der Waals surface area (Å²) in [4.78, 5) is 0. The fraction of sp³-hybridized carbons (Fsp3) is 0.250. The summed E-state index contributed by atoms with van der Waals surface area (Å²) in [5.41, 5.74) is 2.14. The average Bonchev–Trinajstić information content (AvgIpc) is 3.00. The van der Waals surface area contributed by atoms with Crippen molar-refractivity contribution < 1.29 is 14.2 Å². The minimum absolute atomic E-state index is 0.271. The van der Waals surface area contributed by atoms with E-state index in [9.17, 15) is 0 Å². The second kappa shape index (κ2) is 6.39. The van der Waals surface area contributed by atoms with E-state index in [2.05, 4.69) is 15.9 Å². The fourth-order valence-corrected chi connectivity index (χ4v) is 2.61. The largest absolute Gasteiger partial charge is 0.489 e. The Labute approximate surface area is 126 Å². The first kappa shape index (κ1) is 13.6. The number of hydrogen-bond donors (Lipinski definition) is 0. The van der Waals surface area contributed by atoms with Gasteiger partial charge in [-0.05, 0) is 23.8 Å². The van der Waals surface area contributed by atoms with Gasteiger partial charge in [0, 0.05) is 10.0 Å². The second-order valence-corrected chi connectivity index (χ2v) is 5.39. The molecule has 0 unspecified atom stereocenters. The minimum Gasteiger partial charge on any atom is -0.489 e. The van der Waals surface area contributed by atoms with E-state index in [0.29, 0.717) is 19.8 Å². The number of benzene rings is 2. The normalized spacial score (nSPS) is 15.4. The molecular weight excluding hydrogens is 320 g/mol. The van der Waals surface area contributed by atoms with Crippen LogP contribution in [0, 0.1) is 0 Å². The molecule has 4 heteroatoms. The van der Waals surface area contributed by atoms with E-state index in [1.165, 1.54) is 0 Å². The van der Waals surface area contributed by atoms with Gasteiger partial charge in [-0.3, -0.25) is 0 Å². The number of rotatable bonds is 4. The third kappa shape index (κ3) is 3.20. The first-order valence-corrected chi connectivity index (χ1v) is 7.31. The molecule has 0 saturated carbocycles. The van der Waals surface area contributed by atoms with Crippen LogP contribution in [0.1, 0.15) is 17.4 Å². The van der Waals surface area contributed by atoms with Gasteiger partial charge in [-0.25, -0.2) is 0 Å². The Morgan fingerprint density at radius 1 is 1.05 bits per heavy atom. The second-order valence-electron chi connectivity index (χ2n) is 4.53. The summed E-state index contributed by atoms with van der Waals surface area (Å²) in [6.07, 6.45) is -0.271. The summed E-state index contributed by atoms with van der Waals surface area (Å²) >= 11 is 3.54. The molecule has 1 aliphatic rings. The predicted molar refractivity (Wildman–Crippen MR) is 79.6 cm³/mol. The summed E-state index contributed by atoms with van der Waals surface area (Å²) in [6, 6.07) is 16.0. The van der Waals surface area contributed by atoms with E-state index >= 15 is 0 Å². The third-order valence-electron chi connectivity index (χ3n) is 3.10. The minimum atomic E-state index is -0.271. The lowest BCUT2D eigenvalue weighted by atomic mass is 10.2. The van der Waals surface area contributed by atoms with Gasteiger partial charge in [0.25, 0.3) is 0 Å². The Hall–Kier alpha value is -1.36. The monoisotopic (exact) mass is 334 g/mol. The van der Waals surface area contributed by atoms with Crippen LogP contribution in [0.15, 0.2) is 53.0 Å². The van der Waals surface area contributed by atoms with Crippen molar-refractivity contribution in [2.75, 3.05) is 13.2 Å². The molecule has 0 atom stereocenters. The van der Waals surface area contributed by atoms with Crippen molar-refractivity contribution in [3.63, 3.8) is 0 Å². The zero-order chi connectivity index (χ0) is 13.8. The fourth-order valence-electron chi connectivity index (χ4n) is 2.07. The lowest BCUT2D eigenvalue weighted by Crippen LogP contribution is -2.00. The smallest absolute Gasteiger partial charge is 0.185 e. The number of ether oxygens (including phenoxy) is 3. The van der Waals surface area contributed by atoms with Crippen LogP contribution in [0.25, 0.3) is 0 Å². The highest BCUT2D eigenvalue weighted by molar-refractivity contribution is 9.10. The van der Waals surface area contributed by atoms with E-state index in [4.69, 9.17) is 14.2 Å². The van der Waals surface area contributed by atoms with Crippen molar-refractivity contribution in [3.8, 4) is 5.75 Å². The Bertz CT molecular complexity index is 565. The topological polar surface area (TPSA) is 27.7 Å². The molecule has 104 valence electrons. The summed E-state index contributed by atoms with van der Waals surface area (Å²) in [6.45, 7) is 1.84. The zero-order valence-electron chi connectivity index (χ0n) is 10.9. The molecule has 20 heavy (non-hydrogen) atoms. The van der Waals surface area contributed by atoms with Gasteiger partial charge >= 0.3 is 0 Å². The molecule has 0 aromatic heterocycles. The first-order valence-electron chi connectivity index (χ1n) is 6.52. The highest BCUT2D eigenvalue weighted by Gasteiger charge is 2.20. The predicted octanol–water partition coefficient (Wildman–Crippen LogP) is 4.07. The van der Waals surface area contributed by atoms with Crippen LogP contribution in [0.3, 0.4) is 0 Å². The van der Waals surface area contributed by atoms with Gasteiger partial charge in [0.15, 0.2) is 6.29 Å². The molecule has 0 aliphatic carbocycles. The molecule has 1 saturated heterocycles. The molecular formula is C16H15BrO3. The van der Waals surface area contributed by atoms with Crippen LogP contribution in [-0.2, 0) is 16.1 Å². The van der Waals surface area contributed by atoms with Gasteiger partial charge in [-0.1, -0.05) is 46.3 Å². The number of hydrogen-bond acceptors (Lipinski definition) is 3. The van der Waals surface area contributed by atoms with Gasteiger partial charge in [-0.15, -0.1) is 0 Å². The van der Waals surface area contributed by atoms with Crippen LogP contribution in [0.5, 0.6) is 5.75 Å². The maximum atomic E-state index is 5.78. The maximum Gasteiger partial charge on any atom is 0.185 e. The van der Waals surface area contributed by atoms with Crippen molar-refractivity contribution in [1.82, 2.24) is 0 Å². The molecule has 0 bridgehead atoms. The molecule has 1 aliphatic heterocycles. The number of halogens is 1. The van der Waals surface area contributed by atoms with Crippen molar-refractivity contribution in [3.05, 3.63) is 64.1 Å². The SMILES string of the molecule is Brc1cc(OCc2ccccc2)ccc1C1OCCO1. The molecule has 3 nitrogen and oxygen atoms in total. The molecule has 1 fully saturated rings. The van der Waals surface area contributed by atoms with E-state index in [1.54, 1.807) is 0 Å². The van der Waals surface area contributed by atoms with Gasteiger partial charge in [0.1, 0.15) is 12.4 Å². The maximum absolute atomic E-state index is 5.78. The molecule has 0 spiro atoms. The van der Waals surface area contributed by atoms with Crippen molar-refractivity contribution in [2.45, 2.75) is 12.9 Å². The lowest BCUT2D eigenvalue weighted by molar-refractivity contribution is -0.0446. The van der Waals surface area contributed by atoms with Crippen molar-refractivity contribution in [1.29, 1.82) is 0 Å². The van der Waals surface area contributed by atoms with Gasteiger partial charge in [-0.2, -0.15) is 0 Å². The Morgan fingerprint density at radius 2 is 1.80 bits per heavy atom. The third-order valence-corrected chi connectivity index (χ3v) is 3.78. The van der Waals surface area contributed by atoms with E-state index in [-0.39, 0.29) is 6.29 Å². The Kier molecular flexibility index (Phi) is 4.35. The molecule has 2 aromatic carbocycles. The van der Waals surface area contributed by atoms with Gasteiger partial charge in [0.05, 0.1) is 13.2 Å². The van der Waals surface area contributed by atoms with Gasteiger partial charge in [0.2, 0.25) is 0 Å². The molecule has 3 rings (SSSR count). The summed E-state index contributed by atoms with van der Waals surface area (Å²) in [7, 11) is 0. The lowest BCUT2D eigenvalue weighted by Gasteiger charge is -2.13. The average molecular weight is 335 g/mol. The van der Waals surface area contributed by atoms with Crippen LogP contribution >= 0.6 is 15.9 Å². The van der Waals surface area contributed by atoms with Crippen LogP contribution < -0.4 is 4.74 Å². The highest BCUT2D eigenvalue weighted by atomic mass is 79.9. The van der Waals surface area contributed by atoms with Crippen LogP contribution in [-0.4, -0.2) is 13.2 Å². The Balaban J connectivity index is 1.67. The van der Waals surface area contributed by atoms with Gasteiger partial charge < -0.3 is 14.2 Å². The summed E-state index contributed by atoms with van der Waals surface area (Å²) < 4.78 is 17.7. The summed E-state index contributed by atoms with van der Waals surface area (Å²) in [5.74, 6) is 0.822.